The average molecular weight is 489 g/mol. The molecule has 0 saturated heterocycles. The number of carbonyl (C=O) groups excluding carboxylic acids is 2. The lowest BCUT2D eigenvalue weighted by Gasteiger charge is -2.25. The fourth-order valence-corrected chi connectivity index (χ4v) is 3.52. The Hall–Kier alpha value is -4.06. The summed E-state index contributed by atoms with van der Waals surface area (Å²) < 4.78 is 17.1. The second kappa shape index (κ2) is 12.1. The van der Waals surface area contributed by atoms with Crippen molar-refractivity contribution in [1.29, 1.82) is 0 Å². The number of hydrogen-bond donors (Lipinski definition) is 1. The van der Waals surface area contributed by atoms with Gasteiger partial charge in [-0.1, -0.05) is 81.4 Å². The summed E-state index contributed by atoms with van der Waals surface area (Å²) in [7, 11) is 0. The minimum absolute atomic E-state index is 0.0813. The van der Waals surface area contributed by atoms with Crippen molar-refractivity contribution in [3.8, 4) is 11.5 Å². The van der Waals surface area contributed by atoms with Crippen molar-refractivity contribution in [2.75, 3.05) is 6.61 Å². The van der Waals surface area contributed by atoms with Crippen molar-refractivity contribution in [3.05, 3.63) is 107 Å². The summed E-state index contributed by atoms with van der Waals surface area (Å²) in [5, 5.41) is 10.1. The molecule has 0 atom stereocenters. The van der Waals surface area contributed by atoms with E-state index >= 15 is 0 Å². The topological polar surface area (TPSA) is 82.1 Å². The summed E-state index contributed by atoms with van der Waals surface area (Å²) in [6.07, 6.45) is 0.861. The first-order valence-electron chi connectivity index (χ1n) is 11.8. The molecule has 0 radical (unpaired) electrons. The number of allylic oxidation sites excluding steroid dienone is 1. The van der Waals surface area contributed by atoms with E-state index in [0.717, 1.165) is 22.8 Å². The standard InChI is InChI=1S/C30H32O6/c1-5-34-29(33)26(32)17-25(31)23-16-24(30(2,3)4)28(36-20-22-14-10-7-11-15-22)18-27(23)35-19-21-12-8-6-9-13-21/h6-18,32H,5,19-20H2,1-4H3. The van der Waals surface area contributed by atoms with Crippen LogP contribution in [0.1, 0.15) is 54.7 Å². The van der Waals surface area contributed by atoms with Crippen LogP contribution < -0.4 is 9.47 Å². The van der Waals surface area contributed by atoms with E-state index in [1.54, 1.807) is 19.1 Å². The van der Waals surface area contributed by atoms with Gasteiger partial charge in [0.2, 0.25) is 5.76 Å². The summed E-state index contributed by atoms with van der Waals surface area (Å²) in [5.74, 6) is -1.44. The monoisotopic (exact) mass is 488 g/mol. The van der Waals surface area contributed by atoms with Crippen LogP contribution >= 0.6 is 0 Å². The van der Waals surface area contributed by atoms with Crippen LogP contribution in [0.25, 0.3) is 0 Å². The van der Waals surface area contributed by atoms with Gasteiger partial charge in [-0.2, -0.15) is 0 Å². The molecular weight excluding hydrogens is 456 g/mol. The number of ether oxygens (including phenoxy) is 3. The molecular formula is C30H32O6. The third-order valence-corrected chi connectivity index (χ3v) is 5.38. The predicted molar refractivity (Wildman–Crippen MR) is 138 cm³/mol. The molecule has 0 aliphatic rings. The van der Waals surface area contributed by atoms with Gasteiger partial charge in [-0.25, -0.2) is 4.79 Å². The van der Waals surface area contributed by atoms with Crippen LogP contribution in [-0.2, 0) is 28.2 Å². The zero-order chi connectivity index (χ0) is 26.1. The lowest BCUT2D eigenvalue weighted by atomic mass is 9.84. The molecule has 188 valence electrons. The number of ketones is 1. The Bertz CT molecular complexity index is 1210. The molecule has 1 N–H and O–H groups in total. The molecule has 3 aromatic rings. The number of hydrogen-bond acceptors (Lipinski definition) is 6. The van der Waals surface area contributed by atoms with Gasteiger partial charge in [0.1, 0.15) is 24.7 Å². The summed E-state index contributed by atoms with van der Waals surface area (Å²) >= 11 is 0. The first kappa shape index (κ1) is 26.5. The van der Waals surface area contributed by atoms with Gasteiger partial charge < -0.3 is 19.3 Å². The Morgan fingerprint density at radius 3 is 1.86 bits per heavy atom. The Kier molecular flexibility index (Phi) is 8.90. The minimum atomic E-state index is -0.962. The van der Waals surface area contributed by atoms with Gasteiger partial charge in [-0.3, -0.25) is 4.79 Å². The molecule has 0 amide bonds. The van der Waals surface area contributed by atoms with Gasteiger partial charge in [-0.05, 0) is 29.5 Å². The molecule has 0 saturated carbocycles. The molecule has 36 heavy (non-hydrogen) atoms. The van der Waals surface area contributed by atoms with Crippen LogP contribution in [0.5, 0.6) is 11.5 Å². The molecule has 3 aromatic carbocycles. The lowest BCUT2D eigenvalue weighted by molar-refractivity contribution is -0.141. The predicted octanol–water partition coefficient (Wildman–Crippen LogP) is 6.33. The minimum Gasteiger partial charge on any atom is -0.502 e. The Balaban J connectivity index is 2.03. The molecule has 0 fully saturated rings. The van der Waals surface area contributed by atoms with Crippen LogP contribution in [0.15, 0.2) is 84.6 Å². The second-order valence-corrected chi connectivity index (χ2v) is 9.26. The van der Waals surface area contributed by atoms with Crippen molar-refractivity contribution in [2.45, 2.75) is 46.3 Å². The highest BCUT2D eigenvalue weighted by Gasteiger charge is 2.25. The third-order valence-electron chi connectivity index (χ3n) is 5.38. The van der Waals surface area contributed by atoms with Crippen LogP contribution in [0.3, 0.4) is 0 Å². The van der Waals surface area contributed by atoms with E-state index in [9.17, 15) is 14.7 Å². The maximum Gasteiger partial charge on any atom is 0.373 e. The summed E-state index contributed by atoms with van der Waals surface area (Å²) in [4.78, 5) is 25.1. The second-order valence-electron chi connectivity index (χ2n) is 9.26. The van der Waals surface area contributed by atoms with E-state index in [4.69, 9.17) is 14.2 Å². The van der Waals surface area contributed by atoms with Gasteiger partial charge in [0.15, 0.2) is 5.78 Å². The molecule has 0 aromatic heterocycles. The number of aliphatic hydroxyl groups excluding tert-OH is 1. The van der Waals surface area contributed by atoms with Crippen LogP contribution in [0.4, 0.5) is 0 Å². The van der Waals surface area contributed by atoms with Crippen LogP contribution in [0.2, 0.25) is 0 Å². The molecule has 0 spiro atoms. The highest BCUT2D eigenvalue weighted by Crippen LogP contribution is 2.38. The van der Waals surface area contributed by atoms with E-state index in [1.807, 2.05) is 81.4 Å². The SMILES string of the molecule is CCOC(=O)C(O)=CC(=O)c1cc(C(C)(C)C)c(OCc2ccccc2)cc1OCc1ccccc1. The van der Waals surface area contributed by atoms with Crippen molar-refractivity contribution in [3.63, 3.8) is 0 Å². The number of aliphatic hydroxyl groups is 1. The van der Waals surface area contributed by atoms with Crippen molar-refractivity contribution < 1.29 is 28.9 Å². The molecule has 0 unspecified atom stereocenters. The highest BCUT2D eigenvalue weighted by atomic mass is 16.5. The first-order valence-corrected chi connectivity index (χ1v) is 11.8. The quantitative estimate of drug-likeness (QED) is 0.155. The normalized spacial score (nSPS) is 11.6. The van der Waals surface area contributed by atoms with Crippen molar-refractivity contribution in [2.24, 2.45) is 0 Å². The number of esters is 1. The molecule has 0 aliphatic heterocycles. The Morgan fingerprint density at radius 1 is 0.833 bits per heavy atom. The Morgan fingerprint density at radius 2 is 1.36 bits per heavy atom. The zero-order valence-corrected chi connectivity index (χ0v) is 21.1. The molecule has 6 nitrogen and oxygen atoms in total. The van der Waals surface area contributed by atoms with E-state index in [0.29, 0.717) is 12.4 Å². The van der Waals surface area contributed by atoms with E-state index in [1.165, 1.54) is 0 Å². The Labute approximate surface area is 212 Å². The van der Waals surface area contributed by atoms with Crippen LogP contribution in [-0.4, -0.2) is 23.5 Å². The number of rotatable bonds is 10. The number of benzene rings is 3. The summed E-state index contributed by atoms with van der Waals surface area (Å²) in [6.45, 7) is 8.32. The fourth-order valence-electron chi connectivity index (χ4n) is 3.52. The van der Waals surface area contributed by atoms with Gasteiger partial charge in [0.25, 0.3) is 0 Å². The van der Waals surface area contributed by atoms with E-state index in [-0.39, 0.29) is 29.9 Å². The van der Waals surface area contributed by atoms with Crippen molar-refractivity contribution >= 4 is 11.8 Å². The van der Waals surface area contributed by atoms with Gasteiger partial charge >= 0.3 is 5.97 Å². The lowest BCUT2D eigenvalue weighted by Crippen LogP contribution is -2.16. The molecule has 0 aliphatic carbocycles. The third kappa shape index (κ3) is 7.22. The average Bonchev–Trinajstić information content (AvgIpc) is 2.86. The van der Waals surface area contributed by atoms with Gasteiger partial charge in [0.05, 0.1) is 12.2 Å². The summed E-state index contributed by atoms with van der Waals surface area (Å²) in [6, 6.07) is 22.8. The first-order chi connectivity index (χ1) is 17.2. The number of carbonyl (C=O) groups is 2. The van der Waals surface area contributed by atoms with Crippen LogP contribution in [0, 0.1) is 0 Å². The molecule has 3 rings (SSSR count). The molecule has 6 heteroatoms. The molecule has 0 heterocycles. The van der Waals surface area contributed by atoms with Gasteiger partial charge in [-0.15, -0.1) is 0 Å². The maximum atomic E-state index is 13.2. The van der Waals surface area contributed by atoms with Gasteiger partial charge in [0, 0.05) is 17.7 Å². The maximum absolute atomic E-state index is 13.2. The largest absolute Gasteiger partial charge is 0.502 e. The fraction of sp³-hybridized carbons (Fsp3) is 0.267. The smallest absolute Gasteiger partial charge is 0.373 e. The zero-order valence-electron chi connectivity index (χ0n) is 21.1. The van der Waals surface area contributed by atoms with Crippen molar-refractivity contribution in [1.82, 2.24) is 0 Å². The van der Waals surface area contributed by atoms with E-state index in [2.05, 4.69) is 0 Å². The van der Waals surface area contributed by atoms with E-state index < -0.39 is 17.5 Å². The summed E-state index contributed by atoms with van der Waals surface area (Å²) in [5.41, 5.74) is 2.56. The highest BCUT2D eigenvalue weighted by molar-refractivity contribution is 6.09. The molecule has 0 bridgehead atoms.